The number of thiophene rings is 1. The summed E-state index contributed by atoms with van der Waals surface area (Å²) in [4.78, 5) is 23.4. The fraction of sp³-hybridized carbons (Fsp3) is 0.595. The van der Waals surface area contributed by atoms with Crippen LogP contribution in [0.4, 0.5) is 5.82 Å². The Hall–Kier alpha value is -1.70. The van der Waals surface area contributed by atoms with Crippen LogP contribution in [0.5, 0.6) is 0 Å². The zero-order chi connectivity index (χ0) is 34.7. The fourth-order valence-corrected chi connectivity index (χ4v) is 15.1. The number of carbonyl (C=O) groups excluding carboxylic acids is 1. The number of rotatable bonds is 14. The van der Waals surface area contributed by atoms with Gasteiger partial charge in [-0.05, 0) is 88.7 Å². The lowest BCUT2D eigenvalue weighted by Gasteiger charge is -2.45. The Bertz CT molecular complexity index is 1480. The molecule has 0 radical (unpaired) electrons. The second-order valence-corrected chi connectivity index (χ2v) is 27.9. The van der Waals surface area contributed by atoms with Gasteiger partial charge in [0.1, 0.15) is 12.1 Å². The van der Waals surface area contributed by atoms with Crippen molar-refractivity contribution in [1.29, 1.82) is 0 Å². The van der Waals surface area contributed by atoms with E-state index in [4.69, 9.17) is 8.85 Å². The molecule has 47 heavy (non-hydrogen) atoms. The van der Waals surface area contributed by atoms with Gasteiger partial charge < -0.3 is 14.2 Å². The Morgan fingerprint density at radius 2 is 1.72 bits per heavy atom. The number of nitrogens with one attached hydrogen (secondary N) is 1. The van der Waals surface area contributed by atoms with Crippen molar-refractivity contribution in [3.8, 4) is 0 Å². The smallest absolute Gasteiger partial charge is 0.208 e. The molecule has 258 valence electrons. The maximum Gasteiger partial charge on any atom is 0.208 e. The lowest BCUT2D eigenvalue weighted by Crippen LogP contribution is -2.51. The third-order valence-corrected chi connectivity index (χ3v) is 22.7. The summed E-state index contributed by atoms with van der Waals surface area (Å²) in [7, 11) is -4.06. The minimum Gasteiger partial charge on any atom is -0.416 e. The first-order chi connectivity index (χ1) is 21.9. The first-order valence-electron chi connectivity index (χ1n) is 17.2. The maximum atomic E-state index is 13.9. The molecular weight excluding hydrogens is 703 g/mol. The average molecular weight is 759 g/mol. The summed E-state index contributed by atoms with van der Waals surface area (Å²) in [5, 5.41) is 5.91. The molecule has 6 nitrogen and oxygen atoms in total. The lowest BCUT2D eigenvalue weighted by molar-refractivity contribution is 0.0971. The highest BCUT2D eigenvalue weighted by molar-refractivity contribution is 9.10. The number of halogens is 1. The monoisotopic (exact) mass is 757 g/mol. The molecule has 3 aromatic rings. The summed E-state index contributed by atoms with van der Waals surface area (Å²) in [5.74, 6) is 0.818. The van der Waals surface area contributed by atoms with Crippen molar-refractivity contribution < 1.29 is 13.6 Å². The topological polar surface area (TPSA) is 73.3 Å². The van der Waals surface area contributed by atoms with E-state index in [9.17, 15) is 4.79 Å². The molecule has 10 heteroatoms. The predicted molar refractivity (Wildman–Crippen MR) is 206 cm³/mol. The Morgan fingerprint density at radius 1 is 1.04 bits per heavy atom. The summed E-state index contributed by atoms with van der Waals surface area (Å²) in [6.45, 7) is 26.4. The van der Waals surface area contributed by atoms with Crippen molar-refractivity contribution in [2.45, 2.75) is 128 Å². The zero-order valence-corrected chi connectivity index (χ0v) is 34.7. The van der Waals surface area contributed by atoms with E-state index in [0.29, 0.717) is 39.5 Å². The van der Waals surface area contributed by atoms with Gasteiger partial charge in [-0.2, -0.15) is 0 Å². The minimum absolute atomic E-state index is 0.0481. The van der Waals surface area contributed by atoms with Gasteiger partial charge in [-0.15, -0.1) is 11.3 Å². The lowest BCUT2D eigenvalue weighted by atomic mass is 10.1. The van der Waals surface area contributed by atoms with Crippen LogP contribution in [0.15, 0.2) is 52.7 Å². The number of aromatic nitrogens is 2. The molecule has 1 aliphatic carbocycles. The van der Waals surface area contributed by atoms with Crippen LogP contribution in [0, 0.1) is 5.92 Å². The summed E-state index contributed by atoms with van der Waals surface area (Å²) in [5.41, 5.74) is 4.34. The van der Waals surface area contributed by atoms with Crippen LogP contribution < -0.4 is 5.32 Å². The summed E-state index contributed by atoms with van der Waals surface area (Å²) >= 11 is 5.04. The standard InChI is InChI=1S/C37H56BrN3O3SSi2/c1-24(2)47(25(3)4,26(5)6)44-33-19-31(18-29(33)21-43-46(10,11)37(7,8)9)41-36-32(20-39-23-40-36)35(42)34-17-28(22-45-34)15-27-13-12-14-30(38)16-27/h12-14,16-17,20,22-26,29,31,33H,15,18-19,21H2,1-11H3,(H,39,40,41)/t29-,31-,33+/m1/s1. The molecule has 1 fully saturated rings. The fourth-order valence-electron chi connectivity index (χ4n) is 7.13. The van der Waals surface area contributed by atoms with Crippen LogP contribution in [0.2, 0.25) is 34.8 Å². The molecule has 2 heterocycles. The van der Waals surface area contributed by atoms with Gasteiger partial charge in [0.05, 0.1) is 16.5 Å². The van der Waals surface area contributed by atoms with Crippen molar-refractivity contribution in [2.75, 3.05) is 11.9 Å². The van der Waals surface area contributed by atoms with E-state index in [0.717, 1.165) is 29.3 Å². The van der Waals surface area contributed by atoms with Crippen molar-refractivity contribution in [3.05, 3.63) is 74.3 Å². The van der Waals surface area contributed by atoms with Gasteiger partial charge in [-0.3, -0.25) is 4.79 Å². The number of anilines is 1. The Morgan fingerprint density at radius 3 is 2.34 bits per heavy atom. The van der Waals surface area contributed by atoms with Gasteiger partial charge in [0.15, 0.2) is 8.32 Å². The summed E-state index contributed by atoms with van der Waals surface area (Å²) < 4.78 is 15.3. The molecule has 1 N–H and O–H groups in total. The SMILES string of the molecule is CC(C)[Si](O[C@H]1C[C@H](Nc2ncncc2C(=O)c2cc(Cc3cccc(Br)c3)cs2)C[C@@H]1CO[Si](C)(C)C(C)(C)C)(C(C)C)C(C)C. The molecule has 0 spiro atoms. The minimum atomic E-state index is -2.12. The molecular formula is C37H56BrN3O3SSi2. The van der Waals surface area contributed by atoms with Crippen LogP contribution in [-0.2, 0) is 15.3 Å². The highest BCUT2D eigenvalue weighted by Gasteiger charge is 2.50. The van der Waals surface area contributed by atoms with E-state index in [1.165, 1.54) is 23.2 Å². The van der Waals surface area contributed by atoms with Crippen LogP contribution in [0.25, 0.3) is 0 Å². The van der Waals surface area contributed by atoms with Crippen LogP contribution in [0.3, 0.4) is 0 Å². The van der Waals surface area contributed by atoms with Gasteiger partial charge in [0.2, 0.25) is 14.1 Å². The van der Waals surface area contributed by atoms with Gasteiger partial charge in [0, 0.05) is 29.2 Å². The second-order valence-electron chi connectivity index (χ2n) is 15.9. The number of carbonyl (C=O) groups is 1. The van der Waals surface area contributed by atoms with Crippen LogP contribution in [-0.4, -0.2) is 51.1 Å². The molecule has 0 bridgehead atoms. The quantitative estimate of drug-likeness (QED) is 0.130. The predicted octanol–water partition coefficient (Wildman–Crippen LogP) is 10.9. The molecule has 1 aliphatic rings. The number of nitrogens with zero attached hydrogens (tertiary/aromatic N) is 2. The molecule has 0 unspecified atom stereocenters. The highest BCUT2D eigenvalue weighted by Crippen LogP contribution is 2.46. The normalized spacial score (nSPS) is 19.3. The van der Waals surface area contributed by atoms with E-state index in [1.54, 1.807) is 6.20 Å². The maximum absolute atomic E-state index is 13.9. The third kappa shape index (κ3) is 8.92. The van der Waals surface area contributed by atoms with Crippen LogP contribution in [0.1, 0.15) is 102 Å². The van der Waals surface area contributed by atoms with E-state index in [1.807, 2.05) is 18.2 Å². The first-order valence-corrected chi connectivity index (χ1v) is 23.9. The molecule has 1 saturated carbocycles. The molecule has 0 saturated heterocycles. The van der Waals surface area contributed by atoms with E-state index in [2.05, 4.69) is 124 Å². The molecule has 0 amide bonds. The molecule has 3 atom stereocenters. The third-order valence-electron chi connectivity index (χ3n) is 10.6. The number of ketones is 1. The van der Waals surface area contributed by atoms with Gasteiger partial charge in [0.25, 0.3) is 0 Å². The number of hydrogen-bond acceptors (Lipinski definition) is 7. The molecule has 2 aromatic heterocycles. The first kappa shape index (κ1) is 38.1. The molecule has 4 rings (SSSR count). The summed E-state index contributed by atoms with van der Waals surface area (Å²) in [6.07, 6.45) is 5.82. The van der Waals surface area contributed by atoms with E-state index in [-0.39, 0.29) is 28.9 Å². The average Bonchev–Trinajstić information content (AvgIpc) is 3.60. The highest BCUT2D eigenvalue weighted by atomic mass is 79.9. The molecule has 1 aromatic carbocycles. The zero-order valence-electron chi connectivity index (χ0n) is 30.3. The Balaban J connectivity index is 1.56. The summed E-state index contributed by atoms with van der Waals surface area (Å²) in [6, 6.07) is 10.4. The van der Waals surface area contributed by atoms with Gasteiger partial charge in [-0.25, -0.2) is 9.97 Å². The largest absolute Gasteiger partial charge is 0.416 e. The van der Waals surface area contributed by atoms with Gasteiger partial charge in [-0.1, -0.05) is 90.4 Å². The number of hydrogen-bond donors (Lipinski definition) is 1. The van der Waals surface area contributed by atoms with Crippen molar-refractivity contribution in [2.24, 2.45) is 5.92 Å². The Labute approximate surface area is 298 Å². The molecule has 0 aliphatic heterocycles. The second kappa shape index (κ2) is 15.5. The Kier molecular flexibility index (Phi) is 12.5. The van der Waals surface area contributed by atoms with E-state index < -0.39 is 16.6 Å². The van der Waals surface area contributed by atoms with Crippen molar-refractivity contribution in [3.63, 3.8) is 0 Å². The number of benzene rings is 1. The van der Waals surface area contributed by atoms with Gasteiger partial charge >= 0.3 is 0 Å². The van der Waals surface area contributed by atoms with Crippen LogP contribution >= 0.6 is 27.3 Å². The van der Waals surface area contributed by atoms with Crippen molar-refractivity contribution in [1.82, 2.24) is 9.97 Å². The van der Waals surface area contributed by atoms with Crippen molar-refractivity contribution >= 4 is 55.5 Å². The van der Waals surface area contributed by atoms with E-state index >= 15 is 0 Å².